The van der Waals surface area contributed by atoms with E-state index in [1.807, 2.05) is 11.3 Å². The third-order valence-corrected chi connectivity index (χ3v) is 5.16. The van der Waals surface area contributed by atoms with Crippen molar-refractivity contribution in [2.75, 3.05) is 13.6 Å². The summed E-state index contributed by atoms with van der Waals surface area (Å²) < 4.78 is 0. The van der Waals surface area contributed by atoms with Crippen molar-refractivity contribution in [2.45, 2.75) is 51.9 Å². The molecule has 96 valence electrons. The summed E-state index contributed by atoms with van der Waals surface area (Å²) in [5.74, 6) is 0.704. The summed E-state index contributed by atoms with van der Waals surface area (Å²) in [4.78, 5) is 6.32. The molecular formula is C14H24N2S. The maximum absolute atomic E-state index is 4.77. The monoisotopic (exact) mass is 252 g/mol. The van der Waals surface area contributed by atoms with Gasteiger partial charge in [-0.15, -0.1) is 11.3 Å². The van der Waals surface area contributed by atoms with Crippen LogP contribution in [0.1, 0.15) is 48.7 Å². The van der Waals surface area contributed by atoms with E-state index < -0.39 is 0 Å². The lowest BCUT2D eigenvalue weighted by Crippen LogP contribution is -2.42. The lowest BCUT2D eigenvalue weighted by Gasteiger charge is -2.41. The Morgan fingerprint density at radius 3 is 2.59 bits per heavy atom. The number of nitrogens with zero attached hydrogens (tertiary/aromatic N) is 1. The van der Waals surface area contributed by atoms with Gasteiger partial charge in [0.2, 0.25) is 0 Å². The van der Waals surface area contributed by atoms with Crippen molar-refractivity contribution < 1.29 is 0 Å². The van der Waals surface area contributed by atoms with Crippen molar-refractivity contribution in [2.24, 2.45) is 5.92 Å². The van der Waals surface area contributed by atoms with Crippen LogP contribution < -0.4 is 5.32 Å². The van der Waals surface area contributed by atoms with E-state index in [1.165, 1.54) is 30.0 Å². The highest BCUT2D eigenvalue weighted by Gasteiger charge is 2.40. The van der Waals surface area contributed by atoms with E-state index in [9.17, 15) is 0 Å². The standard InChI is InChI=1S/C14H24N2S/c1-10(2)8-12-16-11(3)13(17-12)14(9-15-4)6-5-7-14/h10,15H,5-9H2,1-4H3. The van der Waals surface area contributed by atoms with Crippen LogP contribution in [-0.2, 0) is 11.8 Å². The Labute approximate surface area is 109 Å². The molecule has 0 amide bonds. The smallest absolute Gasteiger partial charge is 0.0933 e. The highest BCUT2D eigenvalue weighted by Crippen LogP contribution is 2.46. The first kappa shape index (κ1) is 13.0. The first-order chi connectivity index (χ1) is 8.07. The minimum atomic E-state index is 0.408. The second-order valence-electron chi connectivity index (χ2n) is 5.78. The van der Waals surface area contributed by atoms with Crippen LogP contribution in [0.4, 0.5) is 0 Å². The third kappa shape index (κ3) is 2.55. The van der Waals surface area contributed by atoms with E-state index in [0.29, 0.717) is 11.3 Å². The lowest BCUT2D eigenvalue weighted by atomic mass is 9.67. The number of nitrogens with one attached hydrogen (secondary N) is 1. The second-order valence-corrected chi connectivity index (χ2v) is 6.87. The summed E-state index contributed by atoms with van der Waals surface area (Å²) in [7, 11) is 2.06. The van der Waals surface area contributed by atoms with Crippen LogP contribution in [0.2, 0.25) is 0 Å². The third-order valence-electron chi connectivity index (χ3n) is 3.73. The molecule has 1 aliphatic carbocycles. The highest BCUT2D eigenvalue weighted by atomic mass is 32.1. The van der Waals surface area contributed by atoms with Gasteiger partial charge in [-0.05, 0) is 32.7 Å². The largest absolute Gasteiger partial charge is 0.319 e. The molecule has 0 saturated heterocycles. The molecular weight excluding hydrogens is 228 g/mol. The predicted molar refractivity (Wildman–Crippen MR) is 74.8 cm³/mol. The van der Waals surface area contributed by atoms with Crippen LogP contribution in [0.5, 0.6) is 0 Å². The molecule has 1 heterocycles. The van der Waals surface area contributed by atoms with Gasteiger partial charge in [0.1, 0.15) is 0 Å². The van der Waals surface area contributed by atoms with Gasteiger partial charge < -0.3 is 5.32 Å². The second kappa shape index (κ2) is 5.07. The van der Waals surface area contributed by atoms with Crippen LogP contribution in [0.3, 0.4) is 0 Å². The van der Waals surface area contributed by atoms with E-state index in [4.69, 9.17) is 4.98 Å². The Morgan fingerprint density at radius 2 is 2.12 bits per heavy atom. The molecule has 0 aromatic carbocycles. The maximum atomic E-state index is 4.77. The molecule has 17 heavy (non-hydrogen) atoms. The van der Waals surface area contributed by atoms with Crippen LogP contribution in [-0.4, -0.2) is 18.6 Å². The summed E-state index contributed by atoms with van der Waals surface area (Å²) >= 11 is 1.96. The molecule has 0 aliphatic heterocycles. The van der Waals surface area contributed by atoms with Gasteiger partial charge in [-0.25, -0.2) is 4.98 Å². The molecule has 1 aliphatic rings. The molecule has 0 atom stereocenters. The van der Waals surface area contributed by atoms with Crippen molar-refractivity contribution in [3.8, 4) is 0 Å². The van der Waals surface area contributed by atoms with Crippen molar-refractivity contribution >= 4 is 11.3 Å². The van der Waals surface area contributed by atoms with E-state index in [2.05, 4.69) is 33.1 Å². The molecule has 0 bridgehead atoms. The number of hydrogen-bond acceptors (Lipinski definition) is 3. The van der Waals surface area contributed by atoms with Crippen molar-refractivity contribution in [1.29, 1.82) is 0 Å². The Hall–Kier alpha value is -0.410. The van der Waals surface area contributed by atoms with Crippen molar-refractivity contribution in [3.63, 3.8) is 0 Å². The van der Waals surface area contributed by atoms with Gasteiger partial charge in [0.15, 0.2) is 0 Å². The number of aryl methyl sites for hydroxylation is 1. The fraction of sp³-hybridized carbons (Fsp3) is 0.786. The molecule has 2 nitrogen and oxygen atoms in total. The zero-order chi connectivity index (χ0) is 12.5. The molecule has 0 spiro atoms. The first-order valence-electron chi connectivity index (χ1n) is 6.69. The van der Waals surface area contributed by atoms with Crippen LogP contribution >= 0.6 is 11.3 Å². The molecule has 2 rings (SSSR count). The molecule has 0 radical (unpaired) electrons. The van der Waals surface area contributed by atoms with Crippen LogP contribution in [0.25, 0.3) is 0 Å². The van der Waals surface area contributed by atoms with Gasteiger partial charge >= 0.3 is 0 Å². The van der Waals surface area contributed by atoms with Gasteiger partial charge in [0.25, 0.3) is 0 Å². The van der Waals surface area contributed by atoms with E-state index in [-0.39, 0.29) is 0 Å². The summed E-state index contributed by atoms with van der Waals surface area (Å²) in [6.45, 7) is 7.83. The molecule has 1 N–H and O–H groups in total. The van der Waals surface area contributed by atoms with E-state index >= 15 is 0 Å². The quantitative estimate of drug-likeness (QED) is 0.870. The Kier molecular flexibility index (Phi) is 3.88. The van der Waals surface area contributed by atoms with Crippen molar-refractivity contribution in [3.05, 3.63) is 15.6 Å². The van der Waals surface area contributed by atoms with Gasteiger partial charge in [0, 0.05) is 23.3 Å². The topological polar surface area (TPSA) is 24.9 Å². The highest BCUT2D eigenvalue weighted by molar-refractivity contribution is 7.12. The maximum Gasteiger partial charge on any atom is 0.0933 e. The fourth-order valence-electron chi connectivity index (χ4n) is 2.81. The average Bonchev–Trinajstić information content (AvgIpc) is 2.52. The fourth-order valence-corrected chi connectivity index (χ4v) is 4.33. The average molecular weight is 252 g/mol. The molecule has 1 saturated carbocycles. The van der Waals surface area contributed by atoms with E-state index in [0.717, 1.165) is 13.0 Å². The van der Waals surface area contributed by atoms with E-state index in [1.54, 1.807) is 4.88 Å². The molecule has 1 aromatic heterocycles. The minimum Gasteiger partial charge on any atom is -0.319 e. The van der Waals surface area contributed by atoms with Gasteiger partial charge in [-0.2, -0.15) is 0 Å². The summed E-state index contributed by atoms with van der Waals surface area (Å²) in [6, 6.07) is 0. The number of likely N-dealkylation sites (N-methyl/N-ethyl adjacent to an activating group) is 1. The Morgan fingerprint density at radius 1 is 1.41 bits per heavy atom. The molecule has 3 heteroatoms. The summed E-state index contributed by atoms with van der Waals surface area (Å²) in [6.07, 6.45) is 5.16. The zero-order valence-electron chi connectivity index (χ0n) is 11.5. The first-order valence-corrected chi connectivity index (χ1v) is 7.50. The van der Waals surface area contributed by atoms with Gasteiger partial charge in [-0.1, -0.05) is 20.3 Å². The summed E-state index contributed by atoms with van der Waals surface area (Å²) in [5.41, 5.74) is 1.69. The normalized spacial score (nSPS) is 18.4. The zero-order valence-corrected chi connectivity index (χ0v) is 12.3. The number of aromatic nitrogens is 1. The van der Waals surface area contributed by atoms with Crippen LogP contribution in [0, 0.1) is 12.8 Å². The van der Waals surface area contributed by atoms with Crippen LogP contribution in [0.15, 0.2) is 0 Å². The molecule has 0 unspecified atom stereocenters. The number of thiazole rings is 1. The Bertz CT molecular complexity index is 378. The SMILES string of the molecule is CNCC1(c2sc(CC(C)C)nc2C)CCC1. The number of rotatable bonds is 5. The Balaban J connectivity index is 2.22. The van der Waals surface area contributed by atoms with Crippen molar-refractivity contribution in [1.82, 2.24) is 10.3 Å². The number of hydrogen-bond donors (Lipinski definition) is 1. The predicted octanol–water partition coefficient (Wildman–Crippen LogP) is 3.29. The van der Waals surface area contributed by atoms with Gasteiger partial charge in [-0.3, -0.25) is 0 Å². The summed E-state index contributed by atoms with van der Waals surface area (Å²) in [5, 5.41) is 4.69. The molecule has 1 fully saturated rings. The lowest BCUT2D eigenvalue weighted by molar-refractivity contribution is 0.243. The van der Waals surface area contributed by atoms with Gasteiger partial charge in [0.05, 0.1) is 10.7 Å². The minimum absolute atomic E-state index is 0.408. The molecule has 1 aromatic rings.